The van der Waals surface area contributed by atoms with E-state index in [4.69, 9.17) is 4.78 Å². The van der Waals surface area contributed by atoms with Crippen LogP contribution in [0.25, 0.3) is 11.3 Å². The first-order valence-electron chi connectivity index (χ1n) is 7.86. The number of hydrogen-bond donors (Lipinski definition) is 2. The molecule has 3 aromatic rings. The summed E-state index contributed by atoms with van der Waals surface area (Å²) in [6.07, 6.45) is 2.22. The fourth-order valence-corrected chi connectivity index (χ4v) is 3.89. The van der Waals surface area contributed by atoms with Gasteiger partial charge in [0.05, 0.1) is 11.9 Å². The molecule has 0 spiro atoms. The summed E-state index contributed by atoms with van der Waals surface area (Å²) in [6.45, 7) is 0. The third-order valence-electron chi connectivity index (χ3n) is 3.59. The molecule has 1 aromatic heterocycles. The van der Waals surface area contributed by atoms with Gasteiger partial charge >= 0.3 is 0 Å². The van der Waals surface area contributed by atoms with Crippen LogP contribution in [0.5, 0.6) is 0 Å². The largest absolute Gasteiger partial charge is 0.324 e. The van der Waals surface area contributed by atoms with Crippen LogP contribution in [0.3, 0.4) is 0 Å². The number of rotatable bonds is 5. The maximum absolute atomic E-state index is 14.1. The molecule has 146 valence electrons. The zero-order valence-corrected chi connectivity index (χ0v) is 16.9. The van der Waals surface area contributed by atoms with E-state index < -0.39 is 27.2 Å². The summed E-state index contributed by atoms with van der Waals surface area (Å²) in [6, 6.07) is 7.84. The lowest BCUT2D eigenvalue weighted by Crippen LogP contribution is -2.03. The van der Waals surface area contributed by atoms with Gasteiger partial charge in [-0.05, 0) is 35.9 Å². The number of aromatic nitrogens is 2. The first kappa shape index (κ1) is 20.3. The van der Waals surface area contributed by atoms with Crippen LogP contribution in [-0.4, -0.2) is 20.4 Å². The average molecular weight is 471 g/mol. The molecular weight excluding hydrogens is 457 g/mol. The second-order valence-corrected chi connectivity index (χ2v) is 9.35. The summed E-state index contributed by atoms with van der Waals surface area (Å²) in [5, 5.41) is 2.87. The van der Waals surface area contributed by atoms with Crippen LogP contribution >= 0.6 is 15.9 Å². The van der Waals surface area contributed by atoms with Crippen molar-refractivity contribution < 1.29 is 17.4 Å². The number of nitrogens with zero attached hydrogens (tertiary/aromatic N) is 2. The Labute approximate surface area is 168 Å². The Morgan fingerprint density at radius 3 is 2.57 bits per heavy atom. The molecule has 0 aliphatic carbocycles. The Hall–Kier alpha value is -2.46. The molecule has 28 heavy (non-hydrogen) atoms. The maximum Gasteiger partial charge on any atom is 0.227 e. The van der Waals surface area contributed by atoms with E-state index in [0.717, 1.165) is 18.3 Å². The minimum absolute atomic E-state index is 0.00715. The van der Waals surface area contributed by atoms with Crippen molar-refractivity contribution >= 4 is 37.3 Å². The molecule has 0 bridgehead atoms. The van der Waals surface area contributed by atoms with E-state index in [2.05, 4.69) is 31.2 Å². The maximum atomic E-state index is 14.1. The van der Waals surface area contributed by atoms with Crippen molar-refractivity contribution in [2.24, 2.45) is 0 Å². The van der Waals surface area contributed by atoms with Crippen LogP contribution in [-0.2, 0) is 15.5 Å². The van der Waals surface area contributed by atoms with Gasteiger partial charge in [-0.1, -0.05) is 15.9 Å². The third-order valence-corrected chi connectivity index (χ3v) is 4.93. The number of benzene rings is 2. The monoisotopic (exact) mass is 470 g/mol. The Kier molecular flexibility index (Phi) is 5.71. The molecule has 0 aliphatic heterocycles. The molecule has 1 atom stereocenters. The molecule has 0 unspecified atom stereocenters. The minimum Gasteiger partial charge on any atom is -0.324 e. The fourth-order valence-electron chi connectivity index (χ4n) is 2.55. The molecular formula is C18H14BrF3N4OS. The van der Waals surface area contributed by atoms with Crippen LogP contribution in [0.15, 0.2) is 47.1 Å². The highest BCUT2D eigenvalue weighted by Crippen LogP contribution is 2.27. The van der Waals surface area contributed by atoms with Gasteiger partial charge in [-0.15, -0.1) is 0 Å². The van der Waals surface area contributed by atoms with Gasteiger partial charge < -0.3 is 5.32 Å². The highest BCUT2D eigenvalue weighted by atomic mass is 79.9. The van der Waals surface area contributed by atoms with E-state index in [9.17, 15) is 17.4 Å². The standard InChI is InChI=1S/C18H14BrF3N4OS/c1-28(23,27)9-10-4-11(19)6-13(5-10)25-18-24-8-16(22)17(26-18)14-3-2-12(20)7-15(14)21/h2-8,23H,9H2,1H3,(H,24,25,26)/t28-/m0/s1. The van der Waals surface area contributed by atoms with Crippen LogP contribution in [0.2, 0.25) is 0 Å². The molecule has 5 nitrogen and oxygen atoms in total. The van der Waals surface area contributed by atoms with Gasteiger partial charge in [-0.3, -0.25) is 4.78 Å². The summed E-state index contributed by atoms with van der Waals surface area (Å²) in [5.74, 6) is -2.53. The lowest BCUT2D eigenvalue weighted by Gasteiger charge is -2.11. The van der Waals surface area contributed by atoms with Gasteiger partial charge in [-0.25, -0.2) is 27.3 Å². The average Bonchev–Trinajstić information content (AvgIpc) is 2.55. The Bertz CT molecular complexity index is 1160. The molecule has 2 aromatic carbocycles. The number of nitrogens with one attached hydrogen (secondary N) is 2. The summed E-state index contributed by atoms with van der Waals surface area (Å²) in [5.41, 5.74) is 0.642. The quantitative estimate of drug-likeness (QED) is 0.534. The van der Waals surface area contributed by atoms with Gasteiger partial charge in [0, 0.05) is 37.8 Å². The first-order valence-corrected chi connectivity index (χ1v) is 10.8. The highest BCUT2D eigenvalue weighted by Gasteiger charge is 2.15. The summed E-state index contributed by atoms with van der Waals surface area (Å²) >= 11 is 3.33. The summed E-state index contributed by atoms with van der Waals surface area (Å²) in [4.78, 5) is 7.83. The smallest absolute Gasteiger partial charge is 0.227 e. The number of halogens is 4. The predicted molar refractivity (Wildman–Crippen MR) is 105 cm³/mol. The van der Waals surface area contributed by atoms with E-state index in [1.165, 1.54) is 6.26 Å². The predicted octanol–water partition coefficient (Wildman–Crippen LogP) is 5.24. The molecule has 3 rings (SSSR count). The Morgan fingerprint density at radius 2 is 1.89 bits per heavy atom. The zero-order chi connectivity index (χ0) is 20.5. The van der Waals surface area contributed by atoms with Gasteiger partial charge in [-0.2, -0.15) is 0 Å². The lowest BCUT2D eigenvalue weighted by molar-refractivity contribution is 0.580. The number of anilines is 2. The zero-order valence-electron chi connectivity index (χ0n) is 14.5. The second kappa shape index (κ2) is 7.88. The van der Waals surface area contributed by atoms with E-state index >= 15 is 0 Å². The van der Waals surface area contributed by atoms with Crippen molar-refractivity contribution in [2.45, 2.75) is 5.75 Å². The van der Waals surface area contributed by atoms with Crippen molar-refractivity contribution in [3.63, 3.8) is 0 Å². The van der Waals surface area contributed by atoms with E-state index in [-0.39, 0.29) is 23.0 Å². The minimum atomic E-state index is -2.74. The van der Waals surface area contributed by atoms with Crippen molar-refractivity contribution in [2.75, 3.05) is 11.6 Å². The topological polar surface area (TPSA) is 78.7 Å². The van der Waals surface area contributed by atoms with Crippen molar-refractivity contribution in [1.82, 2.24) is 9.97 Å². The van der Waals surface area contributed by atoms with Gasteiger partial charge in [0.15, 0.2) is 5.82 Å². The van der Waals surface area contributed by atoms with E-state index in [1.807, 2.05) is 0 Å². The normalized spacial score (nSPS) is 13.2. The van der Waals surface area contributed by atoms with Gasteiger partial charge in [0.25, 0.3) is 0 Å². The van der Waals surface area contributed by atoms with Gasteiger partial charge in [0.2, 0.25) is 5.95 Å². The van der Waals surface area contributed by atoms with Crippen LogP contribution in [0.4, 0.5) is 24.8 Å². The molecule has 0 fully saturated rings. The molecule has 1 heterocycles. The highest BCUT2D eigenvalue weighted by molar-refractivity contribution is 9.10. The van der Waals surface area contributed by atoms with Gasteiger partial charge in [0.1, 0.15) is 17.3 Å². The molecule has 2 N–H and O–H groups in total. The number of hydrogen-bond acceptors (Lipinski definition) is 5. The first-order chi connectivity index (χ1) is 13.1. The van der Waals surface area contributed by atoms with Crippen molar-refractivity contribution in [3.8, 4) is 11.3 Å². The molecule has 0 saturated heterocycles. The molecule has 0 saturated carbocycles. The molecule has 10 heteroatoms. The molecule has 0 radical (unpaired) electrons. The van der Waals surface area contributed by atoms with E-state index in [0.29, 0.717) is 21.8 Å². The lowest BCUT2D eigenvalue weighted by atomic mass is 10.1. The summed E-state index contributed by atoms with van der Waals surface area (Å²) in [7, 11) is -2.74. The Balaban J connectivity index is 1.96. The second-order valence-electron chi connectivity index (χ2n) is 6.14. The van der Waals surface area contributed by atoms with Crippen LogP contribution < -0.4 is 5.32 Å². The summed E-state index contributed by atoms with van der Waals surface area (Å²) < 4.78 is 61.2. The van der Waals surface area contributed by atoms with E-state index in [1.54, 1.807) is 18.2 Å². The third kappa shape index (κ3) is 5.08. The SMILES string of the molecule is C[S@](=N)(=O)Cc1cc(Br)cc(Nc2ncc(F)c(-c3ccc(F)cc3F)n2)c1. The van der Waals surface area contributed by atoms with Crippen LogP contribution in [0.1, 0.15) is 5.56 Å². The molecule has 0 aliphatic rings. The van der Waals surface area contributed by atoms with Crippen LogP contribution in [0, 0.1) is 22.2 Å². The molecule has 0 amide bonds. The Morgan fingerprint density at radius 1 is 1.14 bits per heavy atom. The fraction of sp³-hybridized carbons (Fsp3) is 0.111. The van der Waals surface area contributed by atoms with Crippen molar-refractivity contribution in [1.29, 1.82) is 4.78 Å². The van der Waals surface area contributed by atoms with Crippen molar-refractivity contribution in [3.05, 3.63) is 70.1 Å².